The van der Waals surface area contributed by atoms with Crippen molar-refractivity contribution >= 4 is 6.03 Å². The van der Waals surface area contributed by atoms with E-state index in [1.165, 1.54) is 18.4 Å². The second-order valence-corrected chi connectivity index (χ2v) is 10.2. The van der Waals surface area contributed by atoms with Gasteiger partial charge in [-0.15, -0.1) is 0 Å². The molecule has 0 spiro atoms. The normalized spacial score (nSPS) is 27.2. The van der Waals surface area contributed by atoms with Gasteiger partial charge in [0.05, 0.1) is 0 Å². The van der Waals surface area contributed by atoms with Gasteiger partial charge in [-0.1, -0.05) is 12.1 Å². The van der Waals surface area contributed by atoms with Crippen LogP contribution in [-0.2, 0) is 11.2 Å². The van der Waals surface area contributed by atoms with Crippen LogP contribution in [0.5, 0.6) is 0 Å². The summed E-state index contributed by atoms with van der Waals surface area (Å²) in [6.07, 6.45) is 7.80. The van der Waals surface area contributed by atoms with E-state index in [2.05, 4.69) is 20.9 Å². The third-order valence-electron chi connectivity index (χ3n) is 7.65. The molecule has 0 aromatic heterocycles. The van der Waals surface area contributed by atoms with Gasteiger partial charge in [0.2, 0.25) is 0 Å². The molecule has 0 saturated carbocycles. The Morgan fingerprint density at radius 3 is 2.76 bits per heavy atom. The Bertz CT molecular complexity index is 726. The number of carbonyl (C=O) groups excluding carboxylic acids is 1. The number of piperidine rings is 2. The largest absolute Gasteiger partial charge is 0.381 e. The highest BCUT2D eigenvalue weighted by Gasteiger charge is 2.30. The molecule has 3 unspecified atom stereocenters. The summed E-state index contributed by atoms with van der Waals surface area (Å²) in [7, 11) is 0. The fourth-order valence-electron chi connectivity index (χ4n) is 5.71. The Balaban J connectivity index is 1.21. The average Bonchev–Trinajstić information content (AvgIpc) is 2.83. The van der Waals surface area contributed by atoms with E-state index in [0.29, 0.717) is 17.8 Å². The number of carbonyl (C=O) groups is 1. The summed E-state index contributed by atoms with van der Waals surface area (Å²) < 4.78 is 18.6. The quantitative estimate of drug-likeness (QED) is 0.558. The number of benzene rings is 1. The van der Waals surface area contributed by atoms with E-state index in [-0.39, 0.29) is 17.9 Å². The zero-order chi connectivity index (χ0) is 22.9. The summed E-state index contributed by atoms with van der Waals surface area (Å²) in [6.45, 7) is 7.55. The zero-order valence-corrected chi connectivity index (χ0v) is 19.9. The number of amides is 2. The van der Waals surface area contributed by atoms with Crippen molar-refractivity contribution in [3.8, 4) is 0 Å². The molecule has 3 heterocycles. The smallest absolute Gasteiger partial charge is 0.315 e. The minimum Gasteiger partial charge on any atom is -0.381 e. The number of hydrogen-bond acceptors (Lipinski definition) is 4. The van der Waals surface area contributed by atoms with Gasteiger partial charge in [-0.2, -0.15) is 0 Å². The second kappa shape index (κ2) is 12.7. The van der Waals surface area contributed by atoms with Gasteiger partial charge in [0.25, 0.3) is 0 Å². The van der Waals surface area contributed by atoms with Gasteiger partial charge in [-0.05, 0) is 93.5 Å². The summed E-state index contributed by atoms with van der Waals surface area (Å²) in [6, 6.07) is 7.10. The number of ether oxygens (including phenoxy) is 1. The lowest BCUT2D eigenvalue weighted by Crippen LogP contribution is -2.56. The number of nitrogens with zero attached hydrogens (tertiary/aromatic N) is 1. The Kier molecular flexibility index (Phi) is 9.38. The topological polar surface area (TPSA) is 65.6 Å². The molecular weight excluding hydrogens is 419 g/mol. The van der Waals surface area contributed by atoms with E-state index in [4.69, 9.17) is 4.74 Å². The lowest BCUT2D eigenvalue weighted by atomic mass is 9.88. The van der Waals surface area contributed by atoms with Crippen LogP contribution in [0.3, 0.4) is 0 Å². The van der Waals surface area contributed by atoms with Crippen molar-refractivity contribution in [2.75, 3.05) is 52.5 Å². The van der Waals surface area contributed by atoms with Gasteiger partial charge in [0.1, 0.15) is 5.82 Å². The third kappa shape index (κ3) is 7.94. The molecule has 3 aliphatic heterocycles. The van der Waals surface area contributed by atoms with Gasteiger partial charge in [-0.25, -0.2) is 9.18 Å². The first-order valence-electron chi connectivity index (χ1n) is 13.0. The molecule has 7 heteroatoms. The maximum atomic E-state index is 13.2. The molecule has 1 aromatic rings. The Morgan fingerprint density at radius 2 is 1.94 bits per heavy atom. The predicted octanol–water partition coefficient (Wildman–Crippen LogP) is 3.17. The van der Waals surface area contributed by atoms with Crippen LogP contribution in [0.25, 0.3) is 0 Å². The van der Waals surface area contributed by atoms with Gasteiger partial charge in [0, 0.05) is 45.4 Å². The maximum absolute atomic E-state index is 13.2. The first kappa shape index (κ1) is 24.4. The molecule has 33 heavy (non-hydrogen) atoms. The Morgan fingerprint density at radius 1 is 1.12 bits per heavy atom. The van der Waals surface area contributed by atoms with Crippen molar-refractivity contribution in [1.29, 1.82) is 0 Å². The molecule has 3 aliphatic rings. The summed E-state index contributed by atoms with van der Waals surface area (Å²) >= 11 is 0. The molecule has 3 N–H and O–H groups in total. The number of halogens is 1. The van der Waals surface area contributed by atoms with Crippen LogP contribution in [0.2, 0.25) is 0 Å². The molecule has 184 valence electrons. The molecular formula is C26H41FN4O2. The van der Waals surface area contributed by atoms with Gasteiger partial charge in [-0.3, -0.25) is 0 Å². The molecule has 3 saturated heterocycles. The minimum atomic E-state index is -0.166. The highest BCUT2D eigenvalue weighted by molar-refractivity contribution is 5.74. The van der Waals surface area contributed by atoms with Crippen molar-refractivity contribution in [2.45, 2.75) is 51.0 Å². The van der Waals surface area contributed by atoms with Crippen LogP contribution in [0.1, 0.15) is 44.1 Å². The van der Waals surface area contributed by atoms with E-state index < -0.39 is 0 Å². The predicted molar refractivity (Wildman–Crippen MR) is 129 cm³/mol. The van der Waals surface area contributed by atoms with E-state index in [1.807, 2.05) is 12.1 Å². The van der Waals surface area contributed by atoms with Crippen molar-refractivity contribution in [1.82, 2.24) is 20.9 Å². The summed E-state index contributed by atoms with van der Waals surface area (Å²) in [5, 5.41) is 9.79. The average molecular weight is 461 g/mol. The zero-order valence-electron chi connectivity index (χ0n) is 19.9. The minimum absolute atomic E-state index is 0.0337. The fourth-order valence-corrected chi connectivity index (χ4v) is 5.71. The van der Waals surface area contributed by atoms with E-state index in [0.717, 1.165) is 84.6 Å². The van der Waals surface area contributed by atoms with Crippen LogP contribution >= 0.6 is 0 Å². The SMILES string of the molecule is O=C(NCCC1CCOCC1)NC1CNCCC1CN1CCCC(Cc2ccc(F)cc2)C1. The molecule has 0 bridgehead atoms. The molecule has 0 aliphatic carbocycles. The highest BCUT2D eigenvalue weighted by Crippen LogP contribution is 2.24. The molecule has 1 aromatic carbocycles. The number of hydrogen-bond donors (Lipinski definition) is 3. The molecule has 3 fully saturated rings. The van der Waals surface area contributed by atoms with Crippen molar-refractivity contribution in [2.24, 2.45) is 17.8 Å². The van der Waals surface area contributed by atoms with Crippen molar-refractivity contribution < 1.29 is 13.9 Å². The highest BCUT2D eigenvalue weighted by atomic mass is 19.1. The van der Waals surface area contributed by atoms with Crippen molar-refractivity contribution in [3.05, 3.63) is 35.6 Å². The van der Waals surface area contributed by atoms with Crippen LogP contribution in [0.15, 0.2) is 24.3 Å². The first-order valence-corrected chi connectivity index (χ1v) is 13.0. The van der Waals surface area contributed by atoms with Crippen LogP contribution < -0.4 is 16.0 Å². The van der Waals surface area contributed by atoms with Gasteiger partial charge in [0.15, 0.2) is 0 Å². The Labute approximate surface area is 198 Å². The monoisotopic (exact) mass is 460 g/mol. The van der Waals surface area contributed by atoms with Gasteiger partial charge < -0.3 is 25.6 Å². The standard InChI is InChI=1S/C26H41FN4O2/c27-24-5-3-21(4-6-24)16-22-2-1-13-31(18-22)19-23-8-11-28-17-25(23)30-26(32)29-12-7-20-9-14-33-15-10-20/h3-6,20,22-23,25,28H,1-2,7-19H2,(H2,29,30,32). The first-order chi connectivity index (χ1) is 16.2. The van der Waals surface area contributed by atoms with E-state index in [1.54, 1.807) is 12.1 Å². The lowest BCUT2D eigenvalue weighted by Gasteiger charge is -2.39. The fraction of sp³-hybridized carbons (Fsp3) is 0.731. The van der Waals surface area contributed by atoms with Gasteiger partial charge >= 0.3 is 6.03 Å². The summed E-state index contributed by atoms with van der Waals surface area (Å²) in [4.78, 5) is 15.1. The molecule has 6 nitrogen and oxygen atoms in total. The van der Waals surface area contributed by atoms with Crippen LogP contribution in [0.4, 0.5) is 9.18 Å². The molecule has 4 rings (SSSR count). The van der Waals surface area contributed by atoms with Crippen LogP contribution in [-0.4, -0.2) is 69.5 Å². The number of urea groups is 1. The number of likely N-dealkylation sites (tertiary alicyclic amines) is 1. The number of nitrogens with one attached hydrogen (secondary N) is 3. The third-order valence-corrected chi connectivity index (χ3v) is 7.65. The van der Waals surface area contributed by atoms with Crippen molar-refractivity contribution in [3.63, 3.8) is 0 Å². The Hall–Kier alpha value is -1.70. The molecule has 2 amide bonds. The summed E-state index contributed by atoms with van der Waals surface area (Å²) in [5.41, 5.74) is 1.22. The van der Waals surface area contributed by atoms with Crippen LogP contribution in [0, 0.1) is 23.6 Å². The van der Waals surface area contributed by atoms with E-state index in [9.17, 15) is 9.18 Å². The second-order valence-electron chi connectivity index (χ2n) is 10.2. The maximum Gasteiger partial charge on any atom is 0.315 e. The number of rotatable bonds is 8. The molecule has 3 atom stereocenters. The summed E-state index contributed by atoms with van der Waals surface area (Å²) in [5.74, 6) is 1.59. The molecule has 0 radical (unpaired) electrons. The van der Waals surface area contributed by atoms with E-state index >= 15 is 0 Å². The lowest BCUT2D eigenvalue weighted by molar-refractivity contribution is 0.0641.